The molecular weight excluding hydrogens is 470 g/mol. The van der Waals surface area contributed by atoms with Gasteiger partial charge < -0.3 is 15.0 Å². The second-order valence-electron chi connectivity index (χ2n) is 7.89. The van der Waals surface area contributed by atoms with E-state index in [-0.39, 0.29) is 16.1 Å². The third-order valence-electron chi connectivity index (χ3n) is 5.40. The van der Waals surface area contributed by atoms with Crippen LogP contribution in [0.3, 0.4) is 0 Å². The molecule has 0 unspecified atom stereocenters. The number of fused-ring (bicyclic) bond motifs is 1. The van der Waals surface area contributed by atoms with E-state index in [0.29, 0.717) is 35.4 Å². The highest BCUT2D eigenvalue weighted by molar-refractivity contribution is 8.00. The molecule has 11 heteroatoms. The van der Waals surface area contributed by atoms with Gasteiger partial charge in [0.2, 0.25) is 5.78 Å². The number of hydrogen-bond donors (Lipinski definition) is 3. The molecule has 34 heavy (non-hydrogen) atoms. The Kier molecular flexibility index (Phi) is 5.86. The van der Waals surface area contributed by atoms with Crippen LogP contribution < -0.4 is 10.0 Å². The summed E-state index contributed by atoms with van der Waals surface area (Å²) in [7, 11) is 0. The van der Waals surface area contributed by atoms with E-state index in [9.17, 15) is 18.0 Å². The van der Waals surface area contributed by atoms with Crippen molar-refractivity contribution in [2.45, 2.75) is 17.7 Å². The van der Waals surface area contributed by atoms with Crippen LogP contribution in [0.2, 0.25) is 0 Å². The smallest absolute Gasteiger partial charge is 0.201 e. The molecule has 5 rings (SSSR count). The van der Waals surface area contributed by atoms with Gasteiger partial charge in [-0.25, -0.2) is 27.5 Å². The SMILES string of the molecule is O=C(c1c(F)ccc(NSc2cc(F)cc(F)c2)c1F)c1c[nH]c2ncnc(NCC3CC3)c12. The number of benzene rings is 2. The predicted octanol–water partition coefficient (Wildman–Crippen LogP) is 5.69. The maximum absolute atomic E-state index is 15.3. The number of rotatable bonds is 8. The minimum atomic E-state index is -1.13. The first-order valence-electron chi connectivity index (χ1n) is 10.4. The quantitative estimate of drug-likeness (QED) is 0.168. The number of halogens is 4. The van der Waals surface area contributed by atoms with Crippen LogP contribution >= 0.6 is 11.9 Å². The number of ketones is 1. The highest BCUT2D eigenvalue weighted by Gasteiger charge is 2.27. The summed E-state index contributed by atoms with van der Waals surface area (Å²) in [5.74, 6) is -3.73. The number of aromatic nitrogens is 3. The van der Waals surface area contributed by atoms with Gasteiger partial charge in [-0.15, -0.1) is 0 Å². The minimum Gasteiger partial charge on any atom is -0.369 e. The van der Waals surface area contributed by atoms with E-state index in [4.69, 9.17) is 0 Å². The lowest BCUT2D eigenvalue weighted by molar-refractivity contribution is 0.103. The Labute approximate surface area is 195 Å². The number of carbonyl (C=O) groups is 1. The van der Waals surface area contributed by atoms with Gasteiger partial charge in [0.1, 0.15) is 35.2 Å². The van der Waals surface area contributed by atoms with Crippen LogP contribution in [-0.2, 0) is 0 Å². The summed E-state index contributed by atoms with van der Waals surface area (Å²) in [5, 5.41) is 3.53. The Morgan fingerprint density at radius 2 is 1.85 bits per heavy atom. The summed E-state index contributed by atoms with van der Waals surface area (Å²) in [4.78, 5) is 24.5. The molecular formula is C23H17F4N5OS. The fraction of sp³-hybridized carbons (Fsp3) is 0.174. The first kappa shape index (κ1) is 22.2. The zero-order valence-corrected chi connectivity index (χ0v) is 18.3. The molecule has 1 aliphatic rings. The highest BCUT2D eigenvalue weighted by atomic mass is 32.2. The topological polar surface area (TPSA) is 82.7 Å². The zero-order chi connectivity index (χ0) is 23.8. The van der Waals surface area contributed by atoms with Gasteiger partial charge in [-0.05, 0) is 55.0 Å². The van der Waals surface area contributed by atoms with Crippen LogP contribution in [-0.4, -0.2) is 27.3 Å². The molecule has 0 amide bonds. The van der Waals surface area contributed by atoms with Gasteiger partial charge in [0.25, 0.3) is 0 Å². The molecule has 0 spiro atoms. The monoisotopic (exact) mass is 487 g/mol. The summed E-state index contributed by atoms with van der Waals surface area (Å²) < 4.78 is 59.3. The largest absolute Gasteiger partial charge is 0.369 e. The van der Waals surface area contributed by atoms with Crippen LogP contribution in [0.15, 0.2) is 47.8 Å². The van der Waals surface area contributed by atoms with E-state index in [0.717, 1.165) is 49.1 Å². The molecule has 1 aliphatic carbocycles. The van der Waals surface area contributed by atoms with Crippen molar-refractivity contribution in [2.24, 2.45) is 5.92 Å². The summed E-state index contributed by atoms with van der Waals surface area (Å²) >= 11 is 0.720. The number of aromatic amines is 1. The molecule has 4 aromatic rings. The average Bonchev–Trinajstić information content (AvgIpc) is 3.52. The van der Waals surface area contributed by atoms with E-state index in [1.165, 1.54) is 12.5 Å². The third-order valence-corrected chi connectivity index (χ3v) is 6.20. The lowest BCUT2D eigenvalue weighted by Gasteiger charge is -2.11. The molecule has 174 valence electrons. The Bertz CT molecular complexity index is 1390. The summed E-state index contributed by atoms with van der Waals surface area (Å²) in [6.45, 7) is 0.672. The summed E-state index contributed by atoms with van der Waals surface area (Å²) in [6, 6.07) is 4.86. The van der Waals surface area contributed by atoms with Gasteiger partial charge in [0.05, 0.1) is 22.2 Å². The van der Waals surface area contributed by atoms with E-state index in [1.54, 1.807) is 0 Å². The van der Waals surface area contributed by atoms with E-state index < -0.39 is 34.6 Å². The van der Waals surface area contributed by atoms with E-state index in [1.807, 2.05) is 0 Å². The zero-order valence-electron chi connectivity index (χ0n) is 17.5. The first-order valence-corrected chi connectivity index (χ1v) is 11.2. The molecule has 2 aromatic heterocycles. The summed E-state index contributed by atoms with van der Waals surface area (Å²) in [5.41, 5.74) is -0.615. The number of anilines is 2. The van der Waals surface area contributed by atoms with E-state index >= 15 is 4.39 Å². The highest BCUT2D eigenvalue weighted by Crippen LogP contribution is 2.33. The number of hydrogen-bond acceptors (Lipinski definition) is 6. The van der Waals surface area contributed by atoms with Gasteiger partial charge in [-0.2, -0.15) is 0 Å². The third kappa shape index (κ3) is 4.43. The standard InChI is InChI=1S/C23H17F4N5OS/c24-12-5-13(25)7-14(6-12)34-32-17-4-3-16(26)19(20(17)27)21(33)15-9-29-23-18(15)22(30-10-31-23)28-8-11-1-2-11/h3-7,9-11,32H,1-2,8H2,(H2,28,29,30,31). The normalized spacial score (nSPS) is 13.3. The average molecular weight is 487 g/mol. The number of nitrogens with one attached hydrogen (secondary N) is 3. The molecule has 1 saturated carbocycles. The van der Waals surface area contributed by atoms with Crippen molar-refractivity contribution in [3.63, 3.8) is 0 Å². The lowest BCUT2D eigenvalue weighted by Crippen LogP contribution is -2.11. The molecule has 0 aliphatic heterocycles. The lowest BCUT2D eigenvalue weighted by atomic mass is 10.0. The van der Waals surface area contributed by atoms with Crippen molar-refractivity contribution >= 4 is 40.3 Å². The molecule has 3 N–H and O–H groups in total. The molecule has 2 aromatic carbocycles. The molecule has 0 atom stereocenters. The van der Waals surface area contributed by atoms with Crippen molar-refractivity contribution in [1.29, 1.82) is 0 Å². The molecule has 2 heterocycles. The van der Waals surface area contributed by atoms with Gasteiger partial charge in [0, 0.05) is 23.7 Å². The molecule has 0 saturated heterocycles. The second kappa shape index (κ2) is 8.98. The van der Waals surface area contributed by atoms with Crippen molar-refractivity contribution in [2.75, 3.05) is 16.6 Å². The van der Waals surface area contributed by atoms with Crippen LogP contribution in [0.5, 0.6) is 0 Å². The first-order chi connectivity index (χ1) is 16.4. The molecule has 0 bridgehead atoms. The Hall–Kier alpha value is -3.60. The molecule has 6 nitrogen and oxygen atoms in total. The van der Waals surface area contributed by atoms with Gasteiger partial charge in [0.15, 0.2) is 5.82 Å². The van der Waals surface area contributed by atoms with Crippen LogP contribution in [0, 0.1) is 29.2 Å². The van der Waals surface area contributed by atoms with Crippen LogP contribution in [0.1, 0.15) is 28.8 Å². The van der Waals surface area contributed by atoms with Crippen molar-refractivity contribution in [3.05, 3.63) is 77.3 Å². The van der Waals surface area contributed by atoms with Crippen molar-refractivity contribution < 1.29 is 22.4 Å². The second-order valence-corrected chi connectivity index (χ2v) is 8.77. The predicted molar refractivity (Wildman–Crippen MR) is 121 cm³/mol. The fourth-order valence-corrected chi connectivity index (χ4v) is 4.24. The molecule has 0 radical (unpaired) electrons. The van der Waals surface area contributed by atoms with Gasteiger partial charge in [-0.1, -0.05) is 0 Å². The Balaban J connectivity index is 1.46. The maximum Gasteiger partial charge on any atom is 0.201 e. The maximum atomic E-state index is 15.3. The minimum absolute atomic E-state index is 0.0173. The Morgan fingerprint density at radius 3 is 2.59 bits per heavy atom. The molecule has 1 fully saturated rings. The number of carbonyl (C=O) groups excluding carboxylic acids is 1. The Morgan fingerprint density at radius 1 is 1.09 bits per heavy atom. The number of H-pyrrole nitrogens is 1. The number of nitrogens with zero attached hydrogens (tertiary/aromatic N) is 2. The summed E-state index contributed by atoms with van der Waals surface area (Å²) in [6.07, 6.45) is 4.89. The fourth-order valence-electron chi connectivity index (χ4n) is 3.51. The van der Waals surface area contributed by atoms with E-state index in [2.05, 4.69) is 25.0 Å². The van der Waals surface area contributed by atoms with Crippen LogP contribution in [0.4, 0.5) is 29.1 Å². The van der Waals surface area contributed by atoms with Crippen molar-refractivity contribution in [3.8, 4) is 0 Å². The van der Waals surface area contributed by atoms with Crippen LogP contribution in [0.25, 0.3) is 11.0 Å². The van der Waals surface area contributed by atoms with Gasteiger partial charge >= 0.3 is 0 Å². The van der Waals surface area contributed by atoms with Crippen molar-refractivity contribution in [1.82, 2.24) is 15.0 Å². The van der Waals surface area contributed by atoms with Gasteiger partial charge in [-0.3, -0.25) is 4.79 Å².